The lowest BCUT2D eigenvalue weighted by Crippen LogP contribution is -2.16. The van der Waals surface area contributed by atoms with E-state index in [1.807, 2.05) is 31.2 Å². The molecule has 0 spiro atoms. The van der Waals surface area contributed by atoms with Crippen LogP contribution in [0.1, 0.15) is 31.4 Å². The van der Waals surface area contributed by atoms with Crippen LogP contribution in [0.25, 0.3) is 0 Å². The molecule has 1 aromatic carbocycles. The van der Waals surface area contributed by atoms with E-state index < -0.39 is 0 Å². The largest absolute Gasteiger partial charge is 0.491 e. The van der Waals surface area contributed by atoms with Gasteiger partial charge in [-0.15, -0.1) is 0 Å². The number of hydrogen-bond acceptors (Lipinski definition) is 3. The molecule has 1 saturated heterocycles. The fourth-order valence-corrected chi connectivity index (χ4v) is 1.83. The molecule has 0 aliphatic carbocycles. The highest BCUT2D eigenvalue weighted by Crippen LogP contribution is 2.18. The van der Waals surface area contributed by atoms with E-state index in [1.54, 1.807) is 0 Å². The second kappa shape index (κ2) is 5.32. The Morgan fingerprint density at radius 3 is 2.75 bits per heavy atom. The van der Waals surface area contributed by atoms with Crippen molar-refractivity contribution in [1.29, 1.82) is 0 Å². The minimum atomic E-state index is 0.0761. The Morgan fingerprint density at radius 2 is 2.19 bits per heavy atom. The van der Waals surface area contributed by atoms with Crippen LogP contribution in [0, 0.1) is 0 Å². The molecular weight excluding hydrogens is 202 g/mol. The monoisotopic (exact) mass is 221 g/mol. The van der Waals surface area contributed by atoms with E-state index >= 15 is 0 Å². The minimum Gasteiger partial charge on any atom is -0.491 e. The summed E-state index contributed by atoms with van der Waals surface area (Å²) in [6.07, 6.45) is 2.53. The molecule has 3 heteroatoms. The van der Waals surface area contributed by atoms with Crippen LogP contribution in [0.3, 0.4) is 0 Å². The maximum atomic E-state index is 5.78. The second-order valence-corrected chi connectivity index (χ2v) is 4.30. The van der Waals surface area contributed by atoms with Crippen molar-refractivity contribution in [1.82, 2.24) is 0 Å². The molecule has 1 fully saturated rings. The molecule has 0 saturated carbocycles. The molecule has 1 aliphatic heterocycles. The Morgan fingerprint density at radius 1 is 1.44 bits per heavy atom. The van der Waals surface area contributed by atoms with Crippen molar-refractivity contribution in [2.45, 2.75) is 31.9 Å². The zero-order chi connectivity index (χ0) is 11.4. The third-order valence-electron chi connectivity index (χ3n) is 2.87. The van der Waals surface area contributed by atoms with Gasteiger partial charge < -0.3 is 15.2 Å². The standard InChI is InChI=1S/C13H19NO2/c1-10(14)11-4-6-12(7-5-11)16-9-13-3-2-8-15-13/h4-7,10,13H,2-3,8-9,14H2,1H3/t10-,13?/m1/s1. The van der Waals surface area contributed by atoms with E-state index in [9.17, 15) is 0 Å². The van der Waals surface area contributed by atoms with Crippen molar-refractivity contribution < 1.29 is 9.47 Å². The molecule has 2 N–H and O–H groups in total. The Hall–Kier alpha value is -1.06. The summed E-state index contributed by atoms with van der Waals surface area (Å²) in [7, 11) is 0. The van der Waals surface area contributed by atoms with Gasteiger partial charge in [0.2, 0.25) is 0 Å². The van der Waals surface area contributed by atoms with Gasteiger partial charge >= 0.3 is 0 Å². The summed E-state index contributed by atoms with van der Waals surface area (Å²) in [5, 5.41) is 0. The normalized spacial score (nSPS) is 22.0. The lowest BCUT2D eigenvalue weighted by Gasteiger charge is -2.12. The fourth-order valence-electron chi connectivity index (χ4n) is 1.83. The van der Waals surface area contributed by atoms with Gasteiger partial charge in [0, 0.05) is 12.6 Å². The second-order valence-electron chi connectivity index (χ2n) is 4.30. The highest BCUT2D eigenvalue weighted by atomic mass is 16.5. The van der Waals surface area contributed by atoms with Gasteiger partial charge in [0.05, 0.1) is 6.10 Å². The first-order valence-corrected chi connectivity index (χ1v) is 5.85. The average Bonchev–Trinajstić information content (AvgIpc) is 2.80. The molecule has 1 aromatic rings. The Labute approximate surface area is 96.5 Å². The van der Waals surface area contributed by atoms with Gasteiger partial charge in [-0.2, -0.15) is 0 Å². The van der Waals surface area contributed by atoms with Crippen LogP contribution in [-0.2, 0) is 4.74 Å². The van der Waals surface area contributed by atoms with E-state index in [0.29, 0.717) is 6.61 Å². The van der Waals surface area contributed by atoms with Crippen molar-refractivity contribution in [3.8, 4) is 5.75 Å². The summed E-state index contributed by atoms with van der Waals surface area (Å²) in [6, 6.07) is 8.03. The predicted octanol–water partition coefficient (Wildman–Crippen LogP) is 2.26. The number of rotatable bonds is 4. The maximum Gasteiger partial charge on any atom is 0.119 e. The molecule has 1 aliphatic rings. The summed E-state index contributed by atoms with van der Waals surface area (Å²) in [5.41, 5.74) is 6.91. The zero-order valence-electron chi connectivity index (χ0n) is 9.69. The highest BCUT2D eigenvalue weighted by molar-refractivity contribution is 5.28. The topological polar surface area (TPSA) is 44.5 Å². The first-order chi connectivity index (χ1) is 7.75. The molecule has 0 aromatic heterocycles. The molecule has 16 heavy (non-hydrogen) atoms. The first-order valence-electron chi connectivity index (χ1n) is 5.85. The van der Waals surface area contributed by atoms with Crippen molar-refractivity contribution >= 4 is 0 Å². The van der Waals surface area contributed by atoms with Crippen molar-refractivity contribution in [2.24, 2.45) is 5.73 Å². The van der Waals surface area contributed by atoms with E-state index in [-0.39, 0.29) is 12.1 Å². The molecule has 2 atom stereocenters. The fraction of sp³-hybridized carbons (Fsp3) is 0.538. The van der Waals surface area contributed by atoms with Gasteiger partial charge in [-0.3, -0.25) is 0 Å². The third kappa shape index (κ3) is 2.97. The molecule has 2 rings (SSSR count). The zero-order valence-corrected chi connectivity index (χ0v) is 9.69. The maximum absolute atomic E-state index is 5.78. The van der Waals surface area contributed by atoms with Gasteiger partial charge in [0.25, 0.3) is 0 Å². The SMILES string of the molecule is C[C@@H](N)c1ccc(OCC2CCCO2)cc1. The smallest absolute Gasteiger partial charge is 0.119 e. The van der Waals surface area contributed by atoms with E-state index in [0.717, 1.165) is 30.8 Å². The number of nitrogens with two attached hydrogens (primary N) is 1. The van der Waals surface area contributed by atoms with Crippen LogP contribution >= 0.6 is 0 Å². The first kappa shape index (κ1) is 11.4. The van der Waals surface area contributed by atoms with Crippen LogP contribution in [0.15, 0.2) is 24.3 Å². The predicted molar refractivity (Wildman–Crippen MR) is 63.5 cm³/mol. The van der Waals surface area contributed by atoms with Crippen LogP contribution in [0.5, 0.6) is 5.75 Å². The molecule has 0 amide bonds. The van der Waals surface area contributed by atoms with Gasteiger partial charge in [0.15, 0.2) is 0 Å². The lowest BCUT2D eigenvalue weighted by atomic mass is 10.1. The third-order valence-corrected chi connectivity index (χ3v) is 2.87. The van der Waals surface area contributed by atoms with Gasteiger partial charge in [0.1, 0.15) is 12.4 Å². The van der Waals surface area contributed by atoms with Gasteiger partial charge in [-0.1, -0.05) is 12.1 Å². The van der Waals surface area contributed by atoms with E-state index in [1.165, 1.54) is 0 Å². The Kier molecular flexibility index (Phi) is 3.80. The highest BCUT2D eigenvalue weighted by Gasteiger charge is 2.15. The summed E-state index contributed by atoms with van der Waals surface area (Å²) in [4.78, 5) is 0. The summed E-state index contributed by atoms with van der Waals surface area (Å²) in [6.45, 7) is 3.50. The molecule has 1 unspecified atom stereocenters. The minimum absolute atomic E-state index is 0.0761. The van der Waals surface area contributed by atoms with Crippen molar-refractivity contribution in [3.05, 3.63) is 29.8 Å². The van der Waals surface area contributed by atoms with E-state index in [2.05, 4.69) is 0 Å². The Balaban J connectivity index is 1.84. The van der Waals surface area contributed by atoms with Crippen molar-refractivity contribution in [3.63, 3.8) is 0 Å². The Bertz CT molecular complexity index is 315. The quantitative estimate of drug-likeness (QED) is 0.848. The molecule has 0 bridgehead atoms. The van der Waals surface area contributed by atoms with Gasteiger partial charge in [-0.25, -0.2) is 0 Å². The molecule has 0 radical (unpaired) electrons. The van der Waals surface area contributed by atoms with Crippen LogP contribution in [-0.4, -0.2) is 19.3 Å². The van der Waals surface area contributed by atoms with E-state index in [4.69, 9.17) is 15.2 Å². The molecular formula is C13H19NO2. The van der Waals surface area contributed by atoms with Crippen LogP contribution < -0.4 is 10.5 Å². The van der Waals surface area contributed by atoms with Crippen LogP contribution in [0.4, 0.5) is 0 Å². The van der Waals surface area contributed by atoms with Gasteiger partial charge in [-0.05, 0) is 37.5 Å². The van der Waals surface area contributed by atoms with Crippen LogP contribution in [0.2, 0.25) is 0 Å². The summed E-state index contributed by atoms with van der Waals surface area (Å²) in [5.74, 6) is 0.889. The molecule has 3 nitrogen and oxygen atoms in total. The summed E-state index contributed by atoms with van der Waals surface area (Å²) < 4.78 is 11.2. The number of hydrogen-bond donors (Lipinski definition) is 1. The molecule has 88 valence electrons. The average molecular weight is 221 g/mol. The molecule has 1 heterocycles. The van der Waals surface area contributed by atoms with Crippen molar-refractivity contribution in [2.75, 3.05) is 13.2 Å². The number of benzene rings is 1. The lowest BCUT2D eigenvalue weighted by molar-refractivity contribution is 0.0679. The summed E-state index contributed by atoms with van der Waals surface area (Å²) >= 11 is 0. The number of ether oxygens (including phenoxy) is 2.